The zero-order valence-corrected chi connectivity index (χ0v) is 15.3. The summed E-state index contributed by atoms with van der Waals surface area (Å²) in [4.78, 5) is 17.4. The normalized spacial score (nSPS) is 11.2. The van der Waals surface area contributed by atoms with Gasteiger partial charge in [0.15, 0.2) is 5.96 Å². The van der Waals surface area contributed by atoms with Gasteiger partial charge in [-0.3, -0.25) is 9.79 Å². The monoisotopic (exact) mass is 364 g/mol. The average Bonchev–Trinajstić information content (AvgIpc) is 2.99. The number of nitrogens with zero attached hydrogens (tertiary/aromatic N) is 1. The molecule has 2 rings (SSSR count). The van der Waals surface area contributed by atoms with Crippen LogP contribution in [0.5, 0.6) is 0 Å². The van der Waals surface area contributed by atoms with Crippen molar-refractivity contribution in [1.82, 2.24) is 16.0 Å². The Morgan fingerprint density at radius 2 is 1.83 bits per heavy atom. The second-order valence-electron chi connectivity index (χ2n) is 5.14. The predicted molar refractivity (Wildman–Crippen MR) is 101 cm³/mol. The first-order valence-corrected chi connectivity index (χ1v) is 8.87. The van der Waals surface area contributed by atoms with Crippen LogP contribution in [0.1, 0.15) is 20.8 Å². The molecule has 1 aromatic heterocycles. The molecule has 1 heterocycles. The van der Waals surface area contributed by atoms with E-state index in [4.69, 9.17) is 11.6 Å². The molecular weight excluding hydrogens is 344 g/mol. The minimum absolute atomic E-state index is 0.120. The van der Waals surface area contributed by atoms with Crippen molar-refractivity contribution in [1.29, 1.82) is 0 Å². The maximum atomic E-state index is 12.0. The van der Waals surface area contributed by atoms with Crippen LogP contribution in [0.4, 0.5) is 0 Å². The Bertz CT molecular complexity index is 697. The van der Waals surface area contributed by atoms with Crippen LogP contribution in [0.15, 0.2) is 40.7 Å². The Labute approximate surface area is 151 Å². The predicted octanol–water partition coefficient (Wildman–Crippen LogP) is 2.80. The number of aliphatic imine (C=N–C) groups is 1. The average molecular weight is 365 g/mol. The third kappa shape index (κ3) is 5.54. The van der Waals surface area contributed by atoms with E-state index in [0.717, 1.165) is 6.54 Å². The van der Waals surface area contributed by atoms with E-state index in [0.29, 0.717) is 29.6 Å². The maximum absolute atomic E-state index is 12.0. The number of carbonyl (C=O) groups excluding carboxylic acids is 1. The van der Waals surface area contributed by atoms with Gasteiger partial charge in [-0.15, -0.1) is 11.3 Å². The van der Waals surface area contributed by atoms with E-state index in [1.54, 1.807) is 42.6 Å². The molecular formula is C17H21ClN4OS. The van der Waals surface area contributed by atoms with Gasteiger partial charge in [-0.05, 0) is 48.2 Å². The van der Waals surface area contributed by atoms with E-state index in [1.807, 2.05) is 0 Å². The molecule has 1 aromatic carbocycles. The number of rotatable bonds is 6. The molecule has 3 N–H and O–H groups in total. The summed E-state index contributed by atoms with van der Waals surface area (Å²) in [5.74, 6) is 0.592. The van der Waals surface area contributed by atoms with Gasteiger partial charge in [0.25, 0.3) is 5.91 Å². The van der Waals surface area contributed by atoms with Crippen molar-refractivity contribution in [3.8, 4) is 0 Å². The molecule has 0 atom stereocenters. The van der Waals surface area contributed by atoms with Crippen LogP contribution in [0.25, 0.3) is 0 Å². The molecule has 0 aliphatic heterocycles. The first kappa shape index (κ1) is 18.3. The number of aryl methyl sites for hydroxylation is 1. The first-order chi connectivity index (χ1) is 11.6. The van der Waals surface area contributed by atoms with Crippen LogP contribution in [0, 0.1) is 6.92 Å². The molecule has 0 aliphatic carbocycles. The molecule has 0 unspecified atom stereocenters. The molecule has 0 bridgehead atoms. The summed E-state index contributed by atoms with van der Waals surface area (Å²) in [7, 11) is 1.73. The van der Waals surface area contributed by atoms with Gasteiger partial charge >= 0.3 is 0 Å². The molecule has 24 heavy (non-hydrogen) atoms. The highest BCUT2D eigenvalue weighted by atomic mass is 35.5. The molecule has 0 radical (unpaired) electrons. The van der Waals surface area contributed by atoms with Gasteiger partial charge in [0, 0.05) is 35.6 Å². The van der Waals surface area contributed by atoms with Gasteiger partial charge in [0.2, 0.25) is 0 Å². The van der Waals surface area contributed by atoms with Crippen molar-refractivity contribution in [3.63, 3.8) is 0 Å². The fourth-order valence-electron chi connectivity index (χ4n) is 2.03. The van der Waals surface area contributed by atoms with E-state index in [-0.39, 0.29) is 5.91 Å². The van der Waals surface area contributed by atoms with Crippen LogP contribution < -0.4 is 16.0 Å². The maximum Gasteiger partial charge on any atom is 0.251 e. The van der Waals surface area contributed by atoms with E-state index in [2.05, 4.69) is 39.3 Å². The van der Waals surface area contributed by atoms with E-state index in [1.165, 1.54) is 10.4 Å². The molecule has 5 nitrogen and oxygen atoms in total. The standard InChI is InChI=1S/C17H21ClN4OS/c1-12-7-10-24-15(12)11-22-17(19-2)21-9-8-20-16(23)13-3-5-14(18)6-4-13/h3-7,10H,8-9,11H2,1-2H3,(H,20,23)(H2,19,21,22). The number of hydrogen-bond donors (Lipinski definition) is 3. The van der Waals surface area contributed by atoms with Crippen molar-refractivity contribution >= 4 is 34.8 Å². The molecule has 0 aliphatic rings. The Morgan fingerprint density at radius 1 is 1.12 bits per heavy atom. The fraction of sp³-hybridized carbons (Fsp3) is 0.294. The molecule has 0 fully saturated rings. The van der Waals surface area contributed by atoms with Gasteiger partial charge in [-0.1, -0.05) is 11.6 Å². The highest BCUT2D eigenvalue weighted by Gasteiger charge is 2.05. The number of hydrogen-bond acceptors (Lipinski definition) is 3. The van der Waals surface area contributed by atoms with Crippen molar-refractivity contribution in [2.75, 3.05) is 20.1 Å². The van der Waals surface area contributed by atoms with Crippen molar-refractivity contribution in [2.45, 2.75) is 13.5 Å². The molecule has 0 spiro atoms. The molecule has 2 aromatic rings. The summed E-state index contributed by atoms with van der Waals surface area (Å²) in [5.41, 5.74) is 1.87. The second kappa shape index (κ2) is 9.30. The summed E-state index contributed by atoms with van der Waals surface area (Å²) in [6, 6.07) is 8.91. The Kier molecular flexibility index (Phi) is 7.08. The van der Waals surface area contributed by atoms with Gasteiger partial charge in [0.1, 0.15) is 0 Å². The first-order valence-electron chi connectivity index (χ1n) is 7.61. The second-order valence-corrected chi connectivity index (χ2v) is 6.58. The Balaban J connectivity index is 1.69. The van der Waals surface area contributed by atoms with Gasteiger partial charge in [-0.2, -0.15) is 0 Å². The van der Waals surface area contributed by atoms with Gasteiger partial charge < -0.3 is 16.0 Å². The lowest BCUT2D eigenvalue weighted by Gasteiger charge is -2.12. The quantitative estimate of drug-likeness (QED) is 0.419. The largest absolute Gasteiger partial charge is 0.355 e. The number of carbonyl (C=O) groups is 1. The minimum atomic E-state index is -0.120. The highest BCUT2D eigenvalue weighted by Crippen LogP contribution is 2.14. The summed E-state index contributed by atoms with van der Waals surface area (Å²) < 4.78 is 0. The number of amides is 1. The fourth-order valence-corrected chi connectivity index (χ4v) is 3.00. The SMILES string of the molecule is CN=C(NCCNC(=O)c1ccc(Cl)cc1)NCc1sccc1C. The molecule has 7 heteroatoms. The summed E-state index contributed by atoms with van der Waals surface area (Å²) >= 11 is 7.53. The Morgan fingerprint density at radius 3 is 2.46 bits per heavy atom. The highest BCUT2D eigenvalue weighted by molar-refractivity contribution is 7.10. The number of guanidine groups is 1. The molecule has 0 saturated carbocycles. The smallest absolute Gasteiger partial charge is 0.251 e. The minimum Gasteiger partial charge on any atom is -0.355 e. The zero-order valence-electron chi connectivity index (χ0n) is 13.7. The molecule has 128 valence electrons. The number of halogens is 1. The van der Waals surface area contributed by atoms with E-state index >= 15 is 0 Å². The summed E-state index contributed by atoms with van der Waals surface area (Å²) in [6.45, 7) is 3.92. The van der Waals surface area contributed by atoms with Gasteiger partial charge in [-0.25, -0.2) is 0 Å². The van der Waals surface area contributed by atoms with Crippen LogP contribution >= 0.6 is 22.9 Å². The van der Waals surface area contributed by atoms with Crippen LogP contribution in [-0.4, -0.2) is 32.0 Å². The number of thiophene rings is 1. The summed E-state index contributed by atoms with van der Waals surface area (Å²) in [6.07, 6.45) is 0. The van der Waals surface area contributed by atoms with Crippen molar-refractivity contribution < 1.29 is 4.79 Å². The lowest BCUT2D eigenvalue weighted by molar-refractivity contribution is 0.0954. The number of benzene rings is 1. The van der Waals surface area contributed by atoms with Crippen LogP contribution in [0.2, 0.25) is 5.02 Å². The van der Waals surface area contributed by atoms with Crippen molar-refractivity contribution in [2.24, 2.45) is 4.99 Å². The third-order valence-corrected chi connectivity index (χ3v) is 4.69. The van der Waals surface area contributed by atoms with Crippen LogP contribution in [-0.2, 0) is 6.54 Å². The molecule has 1 amide bonds. The Hall–Kier alpha value is -2.05. The molecule has 0 saturated heterocycles. The summed E-state index contributed by atoms with van der Waals surface area (Å²) in [5, 5.41) is 12.0. The van der Waals surface area contributed by atoms with Crippen LogP contribution in [0.3, 0.4) is 0 Å². The van der Waals surface area contributed by atoms with E-state index < -0.39 is 0 Å². The topological polar surface area (TPSA) is 65.5 Å². The lowest BCUT2D eigenvalue weighted by Crippen LogP contribution is -2.41. The zero-order chi connectivity index (χ0) is 17.4. The van der Waals surface area contributed by atoms with E-state index in [9.17, 15) is 4.79 Å². The lowest BCUT2D eigenvalue weighted by atomic mass is 10.2. The third-order valence-electron chi connectivity index (χ3n) is 3.42. The number of nitrogens with one attached hydrogen (secondary N) is 3. The van der Waals surface area contributed by atoms with Gasteiger partial charge in [0.05, 0.1) is 6.54 Å². The van der Waals surface area contributed by atoms with Crippen molar-refractivity contribution in [3.05, 3.63) is 56.7 Å².